The lowest BCUT2D eigenvalue weighted by molar-refractivity contribution is 0.291. The molecule has 0 saturated heterocycles. The van der Waals surface area contributed by atoms with Crippen molar-refractivity contribution in [3.63, 3.8) is 0 Å². The van der Waals surface area contributed by atoms with Crippen LogP contribution >= 0.6 is 11.6 Å². The molecule has 0 radical (unpaired) electrons. The van der Waals surface area contributed by atoms with Crippen LogP contribution in [-0.4, -0.2) is 26.2 Å². The molecule has 2 aliphatic heterocycles. The van der Waals surface area contributed by atoms with Crippen molar-refractivity contribution in [2.24, 2.45) is 5.41 Å². The Morgan fingerprint density at radius 3 is 2.08 bits per heavy atom. The zero-order valence-electron chi connectivity index (χ0n) is 32.7. The highest BCUT2D eigenvalue weighted by Gasteiger charge is 2.28. The van der Waals surface area contributed by atoms with Crippen LogP contribution in [0.2, 0.25) is 0 Å². The first-order valence-electron chi connectivity index (χ1n) is 18.8. The molecule has 270 valence electrons. The number of hydrogen-bond acceptors (Lipinski definition) is 3. The summed E-state index contributed by atoms with van der Waals surface area (Å²) in [4.78, 5) is 2.35. The molecule has 0 atom stereocenters. The number of ether oxygens (including phenoxy) is 1. The fraction of sp³-hybridized carbons (Fsp3) is 0.340. The molecule has 4 aliphatic rings. The first kappa shape index (κ1) is 37.2. The Kier molecular flexibility index (Phi) is 10.6. The summed E-state index contributed by atoms with van der Waals surface area (Å²) in [6.45, 7) is 25.7. The Balaban J connectivity index is 1.46. The highest BCUT2D eigenvalue weighted by Crippen LogP contribution is 2.46. The second-order valence-electron chi connectivity index (χ2n) is 15.7. The number of hydrogen-bond donors (Lipinski definition) is 0. The number of benzene rings is 3. The van der Waals surface area contributed by atoms with Gasteiger partial charge < -0.3 is 14.1 Å². The lowest BCUT2D eigenvalue weighted by Crippen LogP contribution is -2.29. The van der Waals surface area contributed by atoms with Gasteiger partial charge in [0.2, 0.25) is 5.36 Å². The molecule has 52 heavy (non-hydrogen) atoms. The molecule has 2 heterocycles. The molecule has 6 rings (SSSR count). The predicted octanol–water partition coefficient (Wildman–Crippen LogP) is 11.8. The Hall–Kier alpha value is -4.54. The van der Waals surface area contributed by atoms with Crippen molar-refractivity contribution in [1.29, 1.82) is 0 Å². The summed E-state index contributed by atoms with van der Waals surface area (Å²) in [7, 11) is 0. The Labute approximate surface area is 316 Å². The van der Waals surface area contributed by atoms with Gasteiger partial charge in [-0.2, -0.15) is 0 Å². The fourth-order valence-electron chi connectivity index (χ4n) is 6.99. The number of nitrogens with zero attached hydrogens (tertiary/aromatic N) is 2. The molecule has 2 aromatic rings. The van der Waals surface area contributed by atoms with Crippen molar-refractivity contribution in [2.45, 2.75) is 74.7 Å². The van der Waals surface area contributed by atoms with Crippen molar-refractivity contribution in [1.82, 2.24) is 4.58 Å². The number of halogens is 1. The maximum atomic E-state index is 7.35. The molecular weight excluding hydrogens is 660 g/mol. The van der Waals surface area contributed by atoms with E-state index in [-0.39, 0.29) is 10.8 Å². The zero-order chi connectivity index (χ0) is 37.4. The van der Waals surface area contributed by atoms with Crippen molar-refractivity contribution < 1.29 is 9.15 Å². The molecule has 2 aromatic carbocycles. The van der Waals surface area contributed by atoms with Gasteiger partial charge in [-0.3, -0.25) is 0 Å². The van der Waals surface area contributed by atoms with Crippen LogP contribution in [0.15, 0.2) is 106 Å². The van der Waals surface area contributed by atoms with Gasteiger partial charge >= 0.3 is 0 Å². The number of allylic oxidation sites excluding steroid dienone is 9. The van der Waals surface area contributed by atoms with Crippen molar-refractivity contribution in [3.8, 4) is 17.1 Å². The van der Waals surface area contributed by atoms with E-state index in [1.807, 2.05) is 0 Å². The van der Waals surface area contributed by atoms with Crippen LogP contribution < -0.4 is 19.6 Å². The molecule has 0 aromatic heterocycles. The van der Waals surface area contributed by atoms with E-state index in [9.17, 15) is 0 Å². The lowest BCUT2D eigenvalue weighted by Gasteiger charge is -2.30. The quantitative estimate of drug-likeness (QED) is 0.170. The van der Waals surface area contributed by atoms with Crippen molar-refractivity contribution in [2.75, 3.05) is 31.1 Å². The molecule has 0 N–H and O–H groups in total. The molecular formula is C47H54ClN2O2+. The number of anilines is 1. The largest absolute Gasteiger partial charge is 0.460 e. The summed E-state index contributed by atoms with van der Waals surface area (Å²) < 4.78 is 15.5. The van der Waals surface area contributed by atoms with Gasteiger partial charge in [0.25, 0.3) is 0 Å². The summed E-state index contributed by atoms with van der Waals surface area (Å²) in [5.74, 6) is 3.66. The van der Waals surface area contributed by atoms with Crippen molar-refractivity contribution >= 4 is 40.1 Å². The van der Waals surface area contributed by atoms with E-state index in [1.54, 1.807) is 0 Å². The third-order valence-electron chi connectivity index (χ3n) is 10.1. The number of fused-ring (bicyclic) bond motifs is 3. The van der Waals surface area contributed by atoms with E-state index in [2.05, 4.69) is 176 Å². The van der Waals surface area contributed by atoms with E-state index in [1.165, 1.54) is 11.0 Å². The molecule has 0 unspecified atom stereocenters. The van der Waals surface area contributed by atoms with Gasteiger partial charge in [-0.15, -0.1) is 0 Å². The van der Waals surface area contributed by atoms with E-state index < -0.39 is 0 Å². The first-order chi connectivity index (χ1) is 24.8. The number of rotatable bonds is 8. The van der Waals surface area contributed by atoms with E-state index in [4.69, 9.17) is 20.8 Å². The summed E-state index contributed by atoms with van der Waals surface area (Å²) >= 11 is 7.35. The van der Waals surface area contributed by atoms with Crippen LogP contribution in [0.4, 0.5) is 5.69 Å². The van der Waals surface area contributed by atoms with Crippen LogP contribution in [0.1, 0.15) is 97.3 Å². The summed E-state index contributed by atoms with van der Waals surface area (Å²) in [6, 6.07) is 23.8. The van der Waals surface area contributed by atoms with E-state index in [0.717, 1.165) is 98.8 Å². The average molecular weight is 714 g/mol. The monoisotopic (exact) mass is 713 g/mol. The maximum Gasteiger partial charge on any atom is 0.203 e. The van der Waals surface area contributed by atoms with Crippen LogP contribution in [-0.2, 0) is 5.41 Å². The van der Waals surface area contributed by atoms with Crippen LogP contribution in [0.25, 0.3) is 34.1 Å². The van der Waals surface area contributed by atoms with Gasteiger partial charge in [0.15, 0.2) is 0 Å². The molecule has 4 nitrogen and oxygen atoms in total. The lowest BCUT2D eigenvalue weighted by atomic mass is 9.89. The van der Waals surface area contributed by atoms with Gasteiger partial charge in [0, 0.05) is 64.0 Å². The van der Waals surface area contributed by atoms with Gasteiger partial charge in [-0.1, -0.05) is 102 Å². The highest BCUT2D eigenvalue weighted by atomic mass is 35.5. The molecule has 0 spiro atoms. The topological polar surface area (TPSA) is 28.6 Å². The summed E-state index contributed by atoms with van der Waals surface area (Å²) in [5, 5.41) is 1.91. The van der Waals surface area contributed by atoms with Crippen LogP contribution in [0, 0.1) is 5.41 Å². The SMILES string of the molecule is CCN(CC)c1ccc2c(c1)OC(C(C)(C)C)=CC2=CC=C1C(Cl)=C(C=Cc2cc(C(C)(C)C)oc3cc(=[N+](CC)CC)ccc2-3)c2ccccc21. The fourth-order valence-corrected chi connectivity index (χ4v) is 7.32. The molecule has 0 bridgehead atoms. The smallest absolute Gasteiger partial charge is 0.203 e. The standard InChI is InChI=1S/C47H54ClN2O2/c1-11-49(12-2)33-21-25-35-31(27-43(46(5,6)7)51-41(35)29-33)19-23-39-37-17-15-16-18-38(37)40(45(39)48)24-20-32-28-44(47(8,9)10)52-42-30-34(22-26-36(32)42)50(13-3)14-4/h15-30H,11-14H2,1-10H3/q+1. The highest BCUT2D eigenvalue weighted by molar-refractivity contribution is 6.42. The van der Waals surface area contributed by atoms with Gasteiger partial charge in [0.1, 0.15) is 36.1 Å². The average Bonchev–Trinajstić information content (AvgIpc) is 3.38. The Bertz CT molecular complexity index is 2180. The molecule has 0 saturated carbocycles. The van der Waals surface area contributed by atoms with E-state index in [0.29, 0.717) is 0 Å². The summed E-state index contributed by atoms with van der Waals surface area (Å²) in [5.41, 5.74) is 9.50. The minimum Gasteiger partial charge on any atom is -0.460 e. The Morgan fingerprint density at radius 2 is 1.42 bits per heavy atom. The minimum atomic E-state index is -0.153. The first-order valence-corrected chi connectivity index (χ1v) is 19.2. The van der Waals surface area contributed by atoms with Gasteiger partial charge in [0.05, 0.1) is 11.1 Å². The van der Waals surface area contributed by atoms with Gasteiger partial charge in [-0.05, 0) is 80.3 Å². The normalized spacial score (nSPS) is 16.1. The Morgan fingerprint density at radius 1 is 0.731 bits per heavy atom. The predicted molar refractivity (Wildman–Crippen MR) is 223 cm³/mol. The second kappa shape index (κ2) is 14.8. The van der Waals surface area contributed by atoms with E-state index >= 15 is 0 Å². The second-order valence-corrected chi connectivity index (χ2v) is 16.1. The third kappa shape index (κ3) is 7.36. The molecule has 5 heteroatoms. The summed E-state index contributed by atoms with van der Waals surface area (Å²) in [6.07, 6.45) is 10.9. The zero-order valence-corrected chi connectivity index (χ0v) is 33.4. The third-order valence-corrected chi connectivity index (χ3v) is 10.5. The van der Waals surface area contributed by atoms with Gasteiger partial charge in [-0.25, -0.2) is 4.58 Å². The molecule has 2 aliphatic carbocycles. The van der Waals surface area contributed by atoms with Crippen LogP contribution in [0.3, 0.4) is 0 Å². The molecule has 0 fully saturated rings. The minimum absolute atomic E-state index is 0.153. The maximum absolute atomic E-state index is 7.35. The molecule has 0 amide bonds. The van der Waals surface area contributed by atoms with Crippen molar-refractivity contribution in [3.05, 3.63) is 135 Å². The van der Waals surface area contributed by atoms with Crippen LogP contribution in [0.5, 0.6) is 5.75 Å².